The molecule has 0 aliphatic carbocycles. The molecular weight excluding hydrogens is 117 g/mol. The van der Waals surface area contributed by atoms with Crippen LogP contribution in [0.5, 0.6) is 0 Å². The molecule has 4 heteroatoms. The van der Waals surface area contributed by atoms with Gasteiger partial charge in [-0.05, 0) is 5.92 Å². The molecular formula is C5H10BNO2. The summed E-state index contributed by atoms with van der Waals surface area (Å²) >= 11 is 0. The summed E-state index contributed by atoms with van der Waals surface area (Å²) in [7, 11) is 4.58. The van der Waals surface area contributed by atoms with Crippen LogP contribution < -0.4 is 5.73 Å². The lowest BCUT2D eigenvalue weighted by Crippen LogP contribution is -2.36. The molecule has 50 valence electrons. The summed E-state index contributed by atoms with van der Waals surface area (Å²) in [5, 5.41) is 0. The van der Waals surface area contributed by atoms with Crippen molar-refractivity contribution in [1.29, 1.82) is 0 Å². The summed E-state index contributed by atoms with van der Waals surface area (Å²) in [4.78, 5) is 10.5. The van der Waals surface area contributed by atoms with Crippen molar-refractivity contribution in [3.8, 4) is 0 Å². The first-order valence-corrected chi connectivity index (χ1v) is 2.75. The summed E-state index contributed by atoms with van der Waals surface area (Å²) in [6, 6.07) is -0.602. The zero-order chi connectivity index (χ0) is 7.44. The Morgan fingerprint density at radius 2 is 2.11 bits per heavy atom. The Morgan fingerprint density at radius 1 is 1.67 bits per heavy atom. The topological polar surface area (TPSA) is 52.3 Å². The molecule has 0 saturated carbocycles. The van der Waals surface area contributed by atoms with Crippen LogP contribution >= 0.6 is 0 Å². The Morgan fingerprint density at radius 3 is 2.22 bits per heavy atom. The number of hydrogen-bond donors (Lipinski definition) is 1. The van der Waals surface area contributed by atoms with E-state index in [1.807, 2.05) is 13.8 Å². The van der Waals surface area contributed by atoms with Crippen LogP contribution in [-0.2, 0) is 9.45 Å². The molecule has 0 aliphatic heterocycles. The van der Waals surface area contributed by atoms with Crippen LogP contribution in [-0.4, -0.2) is 20.1 Å². The van der Waals surface area contributed by atoms with Crippen molar-refractivity contribution in [1.82, 2.24) is 0 Å². The minimum Gasteiger partial charge on any atom is -0.542 e. The fourth-order valence-electron chi connectivity index (χ4n) is 0.351. The maximum absolute atomic E-state index is 10.5. The zero-order valence-corrected chi connectivity index (χ0v) is 5.63. The Balaban J connectivity index is 3.72. The first kappa shape index (κ1) is 8.49. The molecule has 0 heterocycles. The van der Waals surface area contributed by atoms with Crippen molar-refractivity contribution in [3.63, 3.8) is 0 Å². The molecule has 9 heavy (non-hydrogen) atoms. The number of carbonyl (C=O) groups is 1. The van der Waals surface area contributed by atoms with Gasteiger partial charge in [-0.1, -0.05) is 13.8 Å². The number of rotatable bonds is 2. The van der Waals surface area contributed by atoms with Crippen molar-refractivity contribution in [2.75, 3.05) is 0 Å². The van der Waals surface area contributed by atoms with Gasteiger partial charge in [-0.25, -0.2) is 0 Å². The summed E-state index contributed by atoms with van der Waals surface area (Å²) in [5.41, 5.74) is 5.32. The molecule has 0 aromatic carbocycles. The van der Waals surface area contributed by atoms with Crippen molar-refractivity contribution >= 4 is 14.0 Å². The van der Waals surface area contributed by atoms with Crippen molar-refractivity contribution in [3.05, 3.63) is 0 Å². The lowest BCUT2D eigenvalue weighted by atomic mass is 10.1. The van der Waals surface area contributed by atoms with Gasteiger partial charge in [0.1, 0.15) is 6.04 Å². The van der Waals surface area contributed by atoms with Crippen LogP contribution in [0.4, 0.5) is 0 Å². The maximum atomic E-state index is 10.5. The highest BCUT2D eigenvalue weighted by Crippen LogP contribution is 1.98. The average Bonchev–Trinajstić information content (AvgIpc) is 1.84. The molecule has 0 rings (SSSR count). The molecule has 2 radical (unpaired) electrons. The highest BCUT2D eigenvalue weighted by Gasteiger charge is 2.16. The smallest absolute Gasteiger partial charge is 0.378 e. The van der Waals surface area contributed by atoms with Gasteiger partial charge in [0.25, 0.3) is 0 Å². The van der Waals surface area contributed by atoms with E-state index in [9.17, 15) is 4.79 Å². The lowest BCUT2D eigenvalue weighted by Gasteiger charge is -2.11. The van der Waals surface area contributed by atoms with Crippen molar-refractivity contribution in [2.45, 2.75) is 19.9 Å². The second-order valence-electron chi connectivity index (χ2n) is 2.21. The van der Waals surface area contributed by atoms with Crippen LogP contribution in [0.3, 0.4) is 0 Å². The SMILES string of the molecule is [B]OC(=O)[C@@H](N)C(C)C. The fourth-order valence-corrected chi connectivity index (χ4v) is 0.351. The quantitative estimate of drug-likeness (QED) is 0.513. The van der Waals surface area contributed by atoms with E-state index in [1.54, 1.807) is 0 Å². The molecule has 0 spiro atoms. The second kappa shape index (κ2) is 3.51. The van der Waals surface area contributed by atoms with Crippen LogP contribution in [0.25, 0.3) is 0 Å². The molecule has 0 bridgehead atoms. The largest absolute Gasteiger partial charge is 0.542 e. The third-order valence-corrected chi connectivity index (χ3v) is 1.11. The van der Waals surface area contributed by atoms with Crippen molar-refractivity contribution < 1.29 is 9.45 Å². The van der Waals surface area contributed by atoms with E-state index in [0.717, 1.165) is 0 Å². The minimum absolute atomic E-state index is 0.0704. The Labute approximate surface area is 56.0 Å². The monoisotopic (exact) mass is 127 g/mol. The van der Waals surface area contributed by atoms with E-state index in [0.29, 0.717) is 0 Å². The Hall–Kier alpha value is -0.505. The van der Waals surface area contributed by atoms with Crippen LogP contribution in [0.1, 0.15) is 13.8 Å². The second-order valence-corrected chi connectivity index (χ2v) is 2.21. The summed E-state index contributed by atoms with van der Waals surface area (Å²) in [6.07, 6.45) is 0. The third-order valence-electron chi connectivity index (χ3n) is 1.11. The van der Waals surface area contributed by atoms with Gasteiger partial charge in [-0.2, -0.15) is 0 Å². The van der Waals surface area contributed by atoms with Gasteiger partial charge < -0.3 is 10.4 Å². The highest BCUT2D eigenvalue weighted by atomic mass is 16.5. The Kier molecular flexibility index (Phi) is 3.31. The van der Waals surface area contributed by atoms with E-state index in [1.165, 1.54) is 0 Å². The molecule has 0 fully saturated rings. The average molecular weight is 127 g/mol. The molecule has 0 aromatic rings. The van der Waals surface area contributed by atoms with Gasteiger partial charge in [0.2, 0.25) is 0 Å². The molecule has 1 atom stereocenters. The summed E-state index contributed by atoms with van der Waals surface area (Å²) in [6.45, 7) is 3.64. The lowest BCUT2D eigenvalue weighted by molar-refractivity contribution is -0.136. The summed E-state index contributed by atoms with van der Waals surface area (Å²) in [5.74, 6) is -0.494. The Bertz CT molecular complexity index is 105. The minimum atomic E-state index is -0.602. The van der Waals surface area contributed by atoms with E-state index < -0.39 is 12.0 Å². The molecule has 0 aliphatic rings. The van der Waals surface area contributed by atoms with E-state index in [2.05, 4.69) is 12.7 Å². The predicted octanol–water partition coefficient (Wildman–Crippen LogP) is -0.404. The number of hydrogen-bond acceptors (Lipinski definition) is 3. The van der Waals surface area contributed by atoms with E-state index in [4.69, 9.17) is 5.73 Å². The van der Waals surface area contributed by atoms with Crippen LogP contribution in [0, 0.1) is 5.92 Å². The molecule has 2 N–H and O–H groups in total. The van der Waals surface area contributed by atoms with Gasteiger partial charge in [0.05, 0.1) is 0 Å². The molecule has 0 saturated heterocycles. The summed E-state index contributed by atoms with van der Waals surface area (Å²) < 4.78 is 3.91. The van der Waals surface area contributed by atoms with Gasteiger partial charge >= 0.3 is 14.0 Å². The first-order valence-electron chi connectivity index (χ1n) is 2.75. The fraction of sp³-hybridized carbons (Fsp3) is 0.800. The predicted molar refractivity (Wildman–Crippen MR) is 34.7 cm³/mol. The maximum Gasteiger partial charge on any atom is 0.378 e. The number of carbonyl (C=O) groups excluding carboxylic acids is 1. The van der Waals surface area contributed by atoms with E-state index in [-0.39, 0.29) is 5.92 Å². The third kappa shape index (κ3) is 2.51. The normalized spacial score (nSPS) is 13.3. The van der Waals surface area contributed by atoms with Crippen LogP contribution in [0.2, 0.25) is 0 Å². The van der Waals surface area contributed by atoms with Gasteiger partial charge in [-0.15, -0.1) is 0 Å². The van der Waals surface area contributed by atoms with Gasteiger partial charge in [0.15, 0.2) is 0 Å². The highest BCUT2D eigenvalue weighted by molar-refractivity contribution is 6.06. The number of nitrogens with two attached hydrogens (primary N) is 1. The molecule has 3 nitrogen and oxygen atoms in total. The van der Waals surface area contributed by atoms with Crippen LogP contribution in [0.15, 0.2) is 0 Å². The standard InChI is InChI=1S/C5H10BNO2/c1-3(2)4(7)5(8)9-6/h3-4H,7H2,1-2H3/t4-/m0/s1. The van der Waals surface area contributed by atoms with Crippen molar-refractivity contribution in [2.24, 2.45) is 11.7 Å². The molecule has 0 aromatic heterocycles. The first-order chi connectivity index (χ1) is 4.09. The zero-order valence-electron chi connectivity index (χ0n) is 5.63. The van der Waals surface area contributed by atoms with E-state index >= 15 is 0 Å². The van der Waals surface area contributed by atoms with Gasteiger partial charge in [0, 0.05) is 0 Å². The molecule has 0 unspecified atom stereocenters. The van der Waals surface area contributed by atoms with Gasteiger partial charge in [-0.3, -0.25) is 4.79 Å². The molecule has 0 amide bonds.